The Labute approximate surface area is 258 Å². The lowest BCUT2D eigenvalue weighted by Gasteiger charge is -2.36. The number of carbonyl (C=O) groups excluding carboxylic acids is 2. The summed E-state index contributed by atoms with van der Waals surface area (Å²) < 4.78 is 39.4. The van der Waals surface area contributed by atoms with E-state index in [1.54, 1.807) is 16.3 Å². The molecule has 4 aromatic rings. The number of halogens is 3. The van der Waals surface area contributed by atoms with Crippen LogP contribution in [-0.2, 0) is 11.0 Å². The van der Waals surface area contributed by atoms with Crippen LogP contribution in [0.15, 0.2) is 90.3 Å². The number of piperazine rings is 1. The van der Waals surface area contributed by atoms with Crippen molar-refractivity contribution in [3.63, 3.8) is 0 Å². The highest BCUT2D eigenvalue weighted by Gasteiger charge is 2.33. The molecule has 2 saturated heterocycles. The van der Waals surface area contributed by atoms with Gasteiger partial charge in [0.25, 0.3) is 5.91 Å². The minimum Gasteiger partial charge on any atom is -0.368 e. The fraction of sp³-hybridized carbons (Fsp3) is 0.324. The van der Waals surface area contributed by atoms with E-state index in [0.29, 0.717) is 50.6 Å². The number of rotatable bonds is 6. The van der Waals surface area contributed by atoms with Gasteiger partial charge in [0, 0.05) is 56.3 Å². The predicted octanol–water partition coefficient (Wildman–Crippen LogP) is 6.66. The maximum absolute atomic E-state index is 13.8. The quantitative estimate of drug-likeness (QED) is 0.243. The van der Waals surface area contributed by atoms with Gasteiger partial charge in [0.15, 0.2) is 0 Å². The van der Waals surface area contributed by atoms with E-state index in [2.05, 4.69) is 0 Å². The van der Waals surface area contributed by atoms with Crippen molar-refractivity contribution in [1.82, 2.24) is 14.8 Å². The van der Waals surface area contributed by atoms with Crippen LogP contribution in [0.25, 0.3) is 0 Å². The van der Waals surface area contributed by atoms with Crippen LogP contribution in [-0.4, -0.2) is 65.9 Å². The molecule has 6 nitrogen and oxygen atoms in total. The summed E-state index contributed by atoms with van der Waals surface area (Å²) in [5, 5.41) is 2.71. The van der Waals surface area contributed by atoms with Crippen molar-refractivity contribution < 1.29 is 22.8 Å². The number of likely N-dealkylation sites (tertiary alicyclic amines) is 1. The van der Waals surface area contributed by atoms with Gasteiger partial charge in [0.2, 0.25) is 5.91 Å². The molecular weight excluding hydrogens is 585 g/mol. The van der Waals surface area contributed by atoms with Crippen LogP contribution < -0.4 is 4.90 Å². The number of hydrogen-bond donors (Lipinski definition) is 0. The molecule has 1 aromatic heterocycles. The highest BCUT2D eigenvalue weighted by molar-refractivity contribution is 7.09. The van der Waals surface area contributed by atoms with Gasteiger partial charge >= 0.3 is 6.18 Å². The Morgan fingerprint density at radius 3 is 1.98 bits per heavy atom. The Bertz CT molecular complexity index is 1540. The predicted molar refractivity (Wildman–Crippen MR) is 165 cm³/mol. The minimum absolute atomic E-state index is 0.0973. The molecule has 2 amide bonds. The van der Waals surface area contributed by atoms with Crippen LogP contribution in [0.4, 0.5) is 18.9 Å². The molecule has 0 spiro atoms. The number of aromatic nitrogens is 1. The number of benzene rings is 3. The van der Waals surface area contributed by atoms with E-state index >= 15 is 0 Å². The maximum atomic E-state index is 13.8. The first kappa shape index (κ1) is 29.9. The lowest BCUT2D eigenvalue weighted by Crippen LogP contribution is -2.49. The lowest BCUT2D eigenvalue weighted by molar-refractivity contribution is -0.137. The Morgan fingerprint density at radius 1 is 0.773 bits per heavy atom. The summed E-state index contributed by atoms with van der Waals surface area (Å²) in [7, 11) is 0. The number of alkyl halides is 3. The standard InChI is InChI=1S/C34H33F3N4O2S/c35-34(36,37)27-12-7-13-28(22-27)39-18-20-41(21-19-39)32(42)29-23-44-31(38-29)26-14-16-40(17-15-26)33(43)30(24-8-3-1-4-9-24)25-10-5-2-6-11-25/h1-13,22-23,26,30H,14-21H2. The van der Waals surface area contributed by atoms with Crippen LogP contribution in [0.2, 0.25) is 0 Å². The monoisotopic (exact) mass is 618 g/mol. The SMILES string of the molecule is O=C(c1csc(C2CCN(C(=O)C(c3ccccc3)c3ccccc3)CC2)n1)N1CCN(c2cccc(C(F)(F)F)c2)CC1. The molecule has 0 N–H and O–H groups in total. The molecule has 0 unspecified atom stereocenters. The molecule has 3 aromatic carbocycles. The lowest BCUT2D eigenvalue weighted by atomic mass is 9.88. The van der Waals surface area contributed by atoms with E-state index < -0.39 is 11.7 Å². The second-order valence-electron chi connectivity index (χ2n) is 11.3. The molecule has 2 aliphatic heterocycles. The summed E-state index contributed by atoms with van der Waals surface area (Å²) in [6.45, 7) is 2.96. The summed E-state index contributed by atoms with van der Waals surface area (Å²) in [5.41, 5.74) is 2.19. The molecule has 44 heavy (non-hydrogen) atoms. The highest BCUT2D eigenvalue weighted by Crippen LogP contribution is 2.34. The van der Waals surface area contributed by atoms with E-state index in [9.17, 15) is 22.8 Å². The van der Waals surface area contributed by atoms with E-state index in [4.69, 9.17) is 4.98 Å². The van der Waals surface area contributed by atoms with Crippen molar-refractivity contribution in [1.29, 1.82) is 0 Å². The van der Waals surface area contributed by atoms with Gasteiger partial charge in [-0.25, -0.2) is 4.98 Å². The van der Waals surface area contributed by atoms with Gasteiger partial charge in [-0.05, 0) is 42.2 Å². The van der Waals surface area contributed by atoms with Crippen LogP contribution in [0.1, 0.15) is 56.9 Å². The Hall–Kier alpha value is -4.18. The fourth-order valence-electron chi connectivity index (χ4n) is 6.08. The Balaban J connectivity index is 1.05. The third-order valence-electron chi connectivity index (χ3n) is 8.52. The van der Waals surface area contributed by atoms with Crippen molar-refractivity contribution in [3.05, 3.63) is 118 Å². The largest absolute Gasteiger partial charge is 0.416 e. The molecule has 0 radical (unpaired) electrons. The normalized spacial score (nSPS) is 16.4. The number of amides is 2. The average molecular weight is 619 g/mol. The van der Waals surface area contributed by atoms with Crippen LogP contribution >= 0.6 is 11.3 Å². The van der Waals surface area contributed by atoms with Crippen LogP contribution in [0.3, 0.4) is 0 Å². The number of hydrogen-bond acceptors (Lipinski definition) is 5. The second-order valence-corrected chi connectivity index (χ2v) is 12.1. The van der Waals surface area contributed by atoms with E-state index in [-0.39, 0.29) is 23.7 Å². The third-order valence-corrected chi connectivity index (χ3v) is 9.52. The van der Waals surface area contributed by atoms with E-state index in [1.165, 1.54) is 17.4 Å². The van der Waals surface area contributed by atoms with E-state index in [0.717, 1.165) is 41.1 Å². The smallest absolute Gasteiger partial charge is 0.368 e. The molecule has 0 saturated carbocycles. The van der Waals surface area contributed by atoms with Gasteiger partial charge < -0.3 is 14.7 Å². The first-order chi connectivity index (χ1) is 21.3. The second kappa shape index (κ2) is 12.8. The van der Waals surface area contributed by atoms with Crippen LogP contribution in [0.5, 0.6) is 0 Å². The Kier molecular flexibility index (Phi) is 8.70. The molecule has 228 valence electrons. The van der Waals surface area contributed by atoms with Crippen molar-refractivity contribution in [2.24, 2.45) is 0 Å². The minimum atomic E-state index is -4.39. The molecule has 10 heteroatoms. The summed E-state index contributed by atoms with van der Waals surface area (Å²) >= 11 is 1.48. The zero-order valence-electron chi connectivity index (χ0n) is 24.1. The highest BCUT2D eigenvalue weighted by atomic mass is 32.1. The Morgan fingerprint density at radius 2 is 1.39 bits per heavy atom. The molecule has 2 aliphatic rings. The molecule has 2 fully saturated rings. The first-order valence-electron chi connectivity index (χ1n) is 14.8. The first-order valence-corrected chi connectivity index (χ1v) is 15.7. The van der Waals surface area contributed by atoms with Gasteiger partial charge in [-0.1, -0.05) is 66.7 Å². The van der Waals surface area contributed by atoms with Gasteiger partial charge in [-0.15, -0.1) is 11.3 Å². The summed E-state index contributed by atoms with van der Waals surface area (Å²) in [5.74, 6) is -0.236. The van der Waals surface area contributed by atoms with E-state index in [1.807, 2.05) is 70.5 Å². The molecule has 3 heterocycles. The number of thiazole rings is 1. The van der Waals surface area contributed by atoms with Crippen molar-refractivity contribution in [3.8, 4) is 0 Å². The summed E-state index contributed by atoms with van der Waals surface area (Å²) in [6, 6.07) is 25.1. The molecule has 0 aliphatic carbocycles. The zero-order chi connectivity index (χ0) is 30.7. The van der Waals surface area contributed by atoms with Gasteiger partial charge in [-0.3, -0.25) is 9.59 Å². The number of carbonyl (C=O) groups is 2. The topological polar surface area (TPSA) is 56.8 Å². The van der Waals surface area contributed by atoms with Gasteiger partial charge in [0.1, 0.15) is 5.69 Å². The molecular formula is C34H33F3N4O2S. The molecule has 0 atom stereocenters. The fourth-order valence-corrected chi connectivity index (χ4v) is 7.05. The van der Waals surface area contributed by atoms with Crippen LogP contribution in [0, 0.1) is 0 Å². The molecule has 6 rings (SSSR count). The molecule has 0 bridgehead atoms. The number of anilines is 1. The van der Waals surface area contributed by atoms with Crippen molar-refractivity contribution in [2.75, 3.05) is 44.2 Å². The zero-order valence-corrected chi connectivity index (χ0v) is 24.9. The average Bonchev–Trinajstić information content (AvgIpc) is 3.56. The summed E-state index contributed by atoms with van der Waals surface area (Å²) in [6.07, 6.45) is -2.84. The third kappa shape index (κ3) is 6.50. The number of piperidine rings is 1. The maximum Gasteiger partial charge on any atom is 0.416 e. The van der Waals surface area contributed by atoms with Crippen molar-refractivity contribution >= 4 is 28.8 Å². The van der Waals surface area contributed by atoms with Gasteiger partial charge in [0.05, 0.1) is 16.5 Å². The number of nitrogens with zero attached hydrogens (tertiary/aromatic N) is 4. The van der Waals surface area contributed by atoms with Gasteiger partial charge in [-0.2, -0.15) is 13.2 Å². The van der Waals surface area contributed by atoms with Crippen molar-refractivity contribution in [2.45, 2.75) is 30.9 Å². The summed E-state index contributed by atoms with van der Waals surface area (Å²) in [4.78, 5) is 37.3.